The molecule has 1 heterocycles. The molecule has 0 atom stereocenters. The lowest BCUT2D eigenvalue weighted by atomic mass is 10.1. The fourth-order valence-electron chi connectivity index (χ4n) is 2.16. The number of hydrogen-bond acceptors (Lipinski definition) is 3. The molecule has 0 fully saturated rings. The molecule has 5 heteroatoms. The summed E-state index contributed by atoms with van der Waals surface area (Å²) < 4.78 is 0. The zero-order valence-corrected chi connectivity index (χ0v) is 12.5. The predicted octanol–water partition coefficient (Wildman–Crippen LogP) is 3.26. The maximum atomic E-state index is 12.1. The number of nitrogens with zero attached hydrogens (tertiary/aromatic N) is 2. The van der Waals surface area contributed by atoms with Crippen LogP contribution < -0.4 is 5.32 Å². The molecule has 0 spiro atoms. The second-order valence-electron chi connectivity index (χ2n) is 4.92. The largest absolute Gasteiger partial charge is 0.350 e. The highest BCUT2D eigenvalue weighted by atomic mass is 35.5. The van der Waals surface area contributed by atoms with Gasteiger partial charge in [0.2, 0.25) is 0 Å². The van der Waals surface area contributed by atoms with Gasteiger partial charge in [0.25, 0.3) is 5.91 Å². The van der Waals surface area contributed by atoms with Gasteiger partial charge >= 0.3 is 0 Å². The van der Waals surface area contributed by atoms with Crippen LogP contribution in [0.4, 0.5) is 0 Å². The van der Waals surface area contributed by atoms with Gasteiger partial charge in [0.1, 0.15) is 0 Å². The summed E-state index contributed by atoms with van der Waals surface area (Å²) in [4.78, 5) is 12.1. The summed E-state index contributed by atoms with van der Waals surface area (Å²) in [5.41, 5.74) is 2.23. The number of rotatable bonds is 4. The highest BCUT2D eigenvalue weighted by Crippen LogP contribution is 2.11. The van der Waals surface area contributed by atoms with Crippen molar-refractivity contribution in [2.24, 2.45) is 0 Å². The first-order chi connectivity index (χ1) is 10.7. The molecular formula is C17H14ClN3O. The van der Waals surface area contributed by atoms with E-state index < -0.39 is 0 Å². The van der Waals surface area contributed by atoms with Gasteiger partial charge in [-0.2, -0.15) is 0 Å². The third kappa shape index (κ3) is 3.40. The van der Waals surface area contributed by atoms with Crippen LogP contribution in [-0.2, 0) is 6.42 Å². The fraction of sp³-hybridized carbons (Fsp3) is 0.118. The van der Waals surface area contributed by atoms with Crippen LogP contribution in [0.1, 0.15) is 16.1 Å². The van der Waals surface area contributed by atoms with Crippen LogP contribution in [0, 0.1) is 0 Å². The van der Waals surface area contributed by atoms with E-state index in [1.165, 1.54) is 0 Å². The molecule has 0 aliphatic heterocycles. The number of fused-ring (bicyclic) bond motifs is 1. The average Bonchev–Trinajstić information content (AvgIpc) is 2.56. The normalized spacial score (nSPS) is 10.6. The molecule has 4 nitrogen and oxygen atoms in total. The molecule has 1 amide bonds. The van der Waals surface area contributed by atoms with E-state index in [1.807, 2.05) is 48.5 Å². The van der Waals surface area contributed by atoms with Gasteiger partial charge in [-0.3, -0.25) is 4.79 Å². The van der Waals surface area contributed by atoms with E-state index in [0.29, 0.717) is 17.3 Å². The number of carbonyl (C=O) groups excluding carboxylic acids is 1. The molecule has 0 aliphatic rings. The number of carbonyl (C=O) groups is 1. The summed E-state index contributed by atoms with van der Waals surface area (Å²) >= 11 is 5.84. The zero-order chi connectivity index (χ0) is 15.4. The molecule has 0 aliphatic carbocycles. The lowest BCUT2D eigenvalue weighted by molar-refractivity contribution is 0.0948. The summed E-state index contributed by atoms with van der Waals surface area (Å²) in [5.74, 6) is -0.216. The molecule has 22 heavy (non-hydrogen) atoms. The molecule has 0 saturated carbocycles. The van der Waals surface area contributed by atoms with E-state index >= 15 is 0 Å². The molecule has 2 aromatic carbocycles. The van der Waals surface area contributed by atoms with E-state index in [4.69, 9.17) is 11.6 Å². The van der Waals surface area contributed by atoms with Crippen LogP contribution >= 0.6 is 11.6 Å². The maximum absolute atomic E-state index is 12.1. The highest BCUT2D eigenvalue weighted by molar-refractivity contribution is 6.30. The first-order valence-electron chi connectivity index (χ1n) is 6.97. The van der Waals surface area contributed by atoms with Crippen LogP contribution in [-0.4, -0.2) is 22.6 Å². The Bertz CT molecular complexity index is 802. The average molecular weight is 312 g/mol. The molecule has 0 radical (unpaired) electrons. The molecule has 0 saturated heterocycles. The van der Waals surface area contributed by atoms with Crippen molar-refractivity contribution in [1.82, 2.24) is 15.5 Å². The van der Waals surface area contributed by atoms with Crippen LogP contribution in [0.5, 0.6) is 0 Å². The standard InChI is InChI=1S/C17H14ClN3O/c18-14-7-5-12(6-8-14)9-10-19-17(22)16-11-13-3-1-2-4-15(13)20-21-16/h1-8,11H,9-10H2,(H,19,22). The first kappa shape index (κ1) is 14.5. The SMILES string of the molecule is O=C(NCCc1ccc(Cl)cc1)c1cc2ccccc2nn1. The molecule has 1 aromatic heterocycles. The third-order valence-corrected chi connectivity index (χ3v) is 3.59. The summed E-state index contributed by atoms with van der Waals surface area (Å²) in [7, 11) is 0. The van der Waals surface area contributed by atoms with Gasteiger partial charge in [-0.1, -0.05) is 41.9 Å². The van der Waals surface area contributed by atoms with Crippen molar-refractivity contribution in [2.45, 2.75) is 6.42 Å². The van der Waals surface area contributed by atoms with Crippen molar-refractivity contribution in [2.75, 3.05) is 6.54 Å². The summed E-state index contributed by atoms with van der Waals surface area (Å²) in [6.07, 6.45) is 0.740. The molecule has 3 aromatic rings. The number of aromatic nitrogens is 2. The van der Waals surface area contributed by atoms with Gasteiger partial charge in [-0.25, -0.2) is 0 Å². The Labute approximate surface area is 133 Å². The Hall–Kier alpha value is -2.46. The number of benzene rings is 2. The number of hydrogen-bond donors (Lipinski definition) is 1. The van der Waals surface area contributed by atoms with E-state index in [9.17, 15) is 4.79 Å². The van der Waals surface area contributed by atoms with E-state index in [-0.39, 0.29) is 5.91 Å². The quantitative estimate of drug-likeness (QED) is 0.804. The Kier molecular flexibility index (Phi) is 4.30. The van der Waals surface area contributed by atoms with Crippen molar-refractivity contribution < 1.29 is 4.79 Å². The van der Waals surface area contributed by atoms with Gasteiger partial charge in [-0.05, 0) is 36.2 Å². The molecule has 110 valence electrons. The zero-order valence-electron chi connectivity index (χ0n) is 11.8. The predicted molar refractivity (Wildman–Crippen MR) is 87.0 cm³/mol. The fourth-order valence-corrected chi connectivity index (χ4v) is 2.28. The van der Waals surface area contributed by atoms with E-state index in [0.717, 1.165) is 22.9 Å². The van der Waals surface area contributed by atoms with Crippen LogP contribution in [0.25, 0.3) is 10.9 Å². The topological polar surface area (TPSA) is 54.9 Å². The minimum atomic E-state index is -0.216. The minimum absolute atomic E-state index is 0.216. The van der Waals surface area contributed by atoms with Gasteiger partial charge < -0.3 is 5.32 Å². The van der Waals surface area contributed by atoms with Gasteiger partial charge in [0.15, 0.2) is 5.69 Å². The molecule has 0 bridgehead atoms. The molecule has 0 unspecified atom stereocenters. The lowest BCUT2D eigenvalue weighted by Crippen LogP contribution is -2.26. The molecule has 3 rings (SSSR count). The first-order valence-corrected chi connectivity index (χ1v) is 7.35. The molecular weight excluding hydrogens is 298 g/mol. The molecule has 1 N–H and O–H groups in total. The van der Waals surface area contributed by atoms with Crippen LogP contribution in [0.3, 0.4) is 0 Å². The highest BCUT2D eigenvalue weighted by Gasteiger charge is 2.08. The van der Waals surface area contributed by atoms with Crippen molar-refractivity contribution in [3.63, 3.8) is 0 Å². The smallest absolute Gasteiger partial charge is 0.271 e. The van der Waals surface area contributed by atoms with Gasteiger partial charge in [0, 0.05) is 17.0 Å². The number of halogens is 1. The third-order valence-electron chi connectivity index (χ3n) is 3.34. The van der Waals surface area contributed by atoms with E-state index in [1.54, 1.807) is 6.07 Å². The van der Waals surface area contributed by atoms with Crippen molar-refractivity contribution in [3.8, 4) is 0 Å². The van der Waals surface area contributed by atoms with Crippen molar-refractivity contribution in [1.29, 1.82) is 0 Å². The Morgan fingerprint density at radius 2 is 1.82 bits per heavy atom. The minimum Gasteiger partial charge on any atom is -0.350 e. The summed E-state index contributed by atoms with van der Waals surface area (Å²) in [6.45, 7) is 0.537. The Morgan fingerprint density at radius 1 is 1.05 bits per heavy atom. The van der Waals surface area contributed by atoms with Crippen LogP contribution in [0.2, 0.25) is 5.02 Å². The van der Waals surface area contributed by atoms with Gasteiger partial charge in [0.05, 0.1) is 5.52 Å². The lowest BCUT2D eigenvalue weighted by Gasteiger charge is -2.05. The monoisotopic (exact) mass is 311 g/mol. The summed E-state index contributed by atoms with van der Waals surface area (Å²) in [6, 6.07) is 16.9. The van der Waals surface area contributed by atoms with Crippen molar-refractivity contribution in [3.05, 3.63) is 70.9 Å². The van der Waals surface area contributed by atoms with Gasteiger partial charge in [-0.15, -0.1) is 10.2 Å². The van der Waals surface area contributed by atoms with Crippen molar-refractivity contribution >= 4 is 28.4 Å². The number of nitrogens with one attached hydrogen (secondary N) is 1. The summed E-state index contributed by atoms with van der Waals surface area (Å²) in [5, 5.41) is 12.5. The second kappa shape index (κ2) is 6.54. The van der Waals surface area contributed by atoms with E-state index in [2.05, 4.69) is 15.5 Å². The second-order valence-corrected chi connectivity index (χ2v) is 5.36. The Balaban J connectivity index is 1.62. The number of amides is 1. The Morgan fingerprint density at radius 3 is 2.64 bits per heavy atom. The van der Waals surface area contributed by atoms with Crippen LogP contribution in [0.15, 0.2) is 54.6 Å². The maximum Gasteiger partial charge on any atom is 0.271 e.